The summed E-state index contributed by atoms with van der Waals surface area (Å²) in [5.41, 5.74) is 1.80. The highest BCUT2D eigenvalue weighted by Gasteiger charge is 2.14. The van der Waals surface area contributed by atoms with Crippen LogP contribution in [-0.2, 0) is 11.2 Å². The number of fused-ring (bicyclic) bond motifs is 1. The number of hydrogen-bond donors (Lipinski definition) is 4. The number of aliphatic hydroxyl groups is 1. The lowest BCUT2D eigenvalue weighted by atomic mass is 9.91. The number of phenols is 2. The first kappa shape index (κ1) is 24.8. The number of ether oxygens (including phenoxy) is 1. The van der Waals surface area contributed by atoms with Crippen molar-refractivity contribution in [2.45, 2.75) is 32.3 Å². The Labute approximate surface area is 188 Å². The van der Waals surface area contributed by atoms with Crippen LogP contribution in [0.4, 0.5) is 0 Å². The van der Waals surface area contributed by atoms with Gasteiger partial charge in [-0.3, -0.25) is 0 Å². The van der Waals surface area contributed by atoms with Crippen molar-refractivity contribution < 1.29 is 30.0 Å². The third-order valence-electron chi connectivity index (χ3n) is 5.18. The van der Waals surface area contributed by atoms with Gasteiger partial charge in [-0.15, -0.1) is 0 Å². The third-order valence-corrected chi connectivity index (χ3v) is 5.18. The average Bonchev–Trinajstić information content (AvgIpc) is 2.77. The summed E-state index contributed by atoms with van der Waals surface area (Å²) < 4.78 is 5.46. The molecular formula is C26H30O6. The highest BCUT2D eigenvalue weighted by molar-refractivity contribution is 5.91. The van der Waals surface area contributed by atoms with Crippen molar-refractivity contribution >= 4 is 16.7 Å². The Bertz CT molecular complexity index is 1040. The number of aromatic hydroxyl groups is 2. The van der Waals surface area contributed by atoms with Crippen molar-refractivity contribution in [3.8, 4) is 17.2 Å². The molecule has 170 valence electrons. The zero-order chi connectivity index (χ0) is 23.7. The van der Waals surface area contributed by atoms with E-state index >= 15 is 0 Å². The Morgan fingerprint density at radius 2 is 1.62 bits per heavy atom. The molecule has 6 heteroatoms. The highest BCUT2D eigenvalue weighted by Crippen LogP contribution is 2.32. The lowest BCUT2D eigenvalue weighted by Crippen LogP contribution is -2.05. The van der Waals surface area contributed by atoms with Crippen LogP contribution >= 0.6 is 0 Å². The molecule has 0 heterocycles. The molecule has 2 atom stereocenters. The van der Waals surface area contributed by atoms with Gasteiger partial charge in [-0.05, 0) is 59.9 Å². The first-order valence-corrected chi connectivity index (χ1v) is 10.4. The molecule has 3 aromatic carbocycles. The van der Waals surface area contributed by atoms with E-state index in [1.54, 1.807) is 7.11 Å². The van der Waals surface area contributed by atoms with Gasteiger partial charge in [-0.2, -0.15) is 0 Å². The number of phenolic OH excluding ortho intramolecular Hbond substituents is 2. The Morgan fingerprint density at radius 3 is 2.19 bits per heavy atom. The third kappa shape index (κ3) is 7.03. The van der Waals surface area contributed by atoms with Crippen molar-refractivity contribution in [2.75, 3.05) is 7.11 Å². The van der Waals surface area contributed by atoms with Crippen LogP contribution in [0.1, 0.15) is 37.0 Å². The second-order valence-electron chi connectivity index (χ2n) is 7.70. The van der Waals surface area contributed by atoms with Crippen molar-refractivity contribution in [1.29, 1.82) is 0 Å². The van der Waals surface area contributed by atoms with E-state index in [0.29, 0.717) is 17.9 Å². The molecule has 0 amide bonds. The molecule has 0 spiro atoms. The maximum atomic E-state index is 10.4. The molecule has 0 fully saturated rings. The topological polar surface area (TPSA) is 107 Å². The summed E-state index contributed by atoms with van der Waals surface area (Å²) in [5, 5.41) is 39.5. The number of aliphatic carboxylic acids is 1. The number of hydrogen-bond acceptors (Lipinski definition) is 5. The fraction of sp³-hybridized carbons (Fsp3) is 0.269. The molecule has 6 nitrogen and oxygen atoms in total. The molecule has 0 aliphatic carbocycles. The van der Waals surface area contributed by atoms with E-state index in [-0.39, 0.29) is 11.5 Å². The van der Waals surface area contributed by atoms with Gasteiger partial charge in [0, 0.05) is 17.5 Å². The molecule has 0 radical (unpaired) electrons. The van der Waals surface area contributed by atoms with Crippen molar-refractivity contribution in [1.82, 2.24) is 0 Å². The molecular weight excluding hydrogens is 408 g/mol. The Balaban J connectivity index is 0.000000654. The number of methoxy groups -OCH3 is 1. The first-order chi connectivity index (χ1) is 15.2. The van der Waals surface area contributed by atoms with Gasteiger partial charge in [-0.1, -0.05) is 43.8 Å². The smallest absolute Gasteiger partial charge is 0.327 e. The fourth-order valence-electron chi connectivity index (χ4n) is 3.59. The molecule has 0 saturated carbocycles. The normalized spacial score (nSPS) is 12.3. The summed E-state index contributed by atoms with van der Waals surface area (Å²) in [6.07, 6.45) is 2.43. The average molecular weight is 439 g/mol. The molecule has 4 N–H and O–H groups in total. The van der Waals surface area contributed by atoms with Crippen LogP contribution in [0.3, 0.4) is 0 Å². The molecule has 0 aliphatic rings. The molecule has 0 unspecified atom stereocenters. The Morgan fingerprint density at radius 1 is 1.03 bits per heavy atom. The van der Waals surface area contributed by atoms with E-state index in [2.05, 4.69) is 31.7 Å². The fourth-order valence-corrected chi connectivity index (χ4v) is 3.59. The second-order valence-corrected chi connectivity index (χ2v) is 7.70. The second kappa shape index (κ2) is 11.8. The van der Waals surface area contributed by atoms with Crippen molar-refractivity contribution in [3.63, 3.8) is 0 Å². The van der Waals surface area contributed by atoms with E-state index in [0.717, 1.165) is 30.1 Å². The SMILES string of the molecule is C=CC(=O)O.COc1ccc(C[C@@H](C)CC[C@H](O)c2cc(O)cc(O)c2)c2ccccc12. The monoisotopic (exact) mass is 438 g/mol. The van der Waals surface area contributed by atoms with Gasteiger partial charge < -0.3 is 25.2 Å². The Hall–Kier alpha value is -3.51. The van der Waals surface area contributed by atoms with E-state index in [4.69, 9.17) is 9.84 Å². The van der Waals surface area contributed by atoms with Gasteiger partial charge in [0.2, 0.25) is 0 Å². The van der Waals surface area contributed by atoms with Gasteiger partial charge in [0.1, 0.15) is 17.2 Å². The zero-order valence-corrected chi connectivity index (χ0v) is 18.4. The van der Waals surface area contributed by atoms with Crippen LogP contribution in [0.2, 0.25) is 0 Å². The highest BCUT2D eigenvalue weighted by atomic mass is 16.5. The largest absolute Gasteiger partial charge is 0.508 e. The van der Waals surface area contributed by atoms with Crippen molar-refractivity contribution in [3.05, 3.63) is 78.4 Å². The number of benzene rings is 3. The minimum atomic E-state index is -0.981. The summed E-state index contributed by atoms with van der Waals surface area (Å²) in [7, 11) is 1.69. The molecule has 0 bridgehead atoms. The van der Waals surface area contributed by atoms with Gasteiger partial charge in [0.25, 0.3) is 0 Å². The molecule has 32 heavy (non-hydrogen) atoms. The van der Waals surface area contributed by atoms with Gasteiger partial charge >= 0.3 is 5.97 Å². The zero-order valence-electron chi connectivity index (χ0n) is 18.4. The summed E-state index contributed by atoms with van der Waals surface area (Å²) in [5.74, 6) is 0.192. The van der Waals surface area contributed by atoms with Crippen LogP contribution in [0, 0.1) is 5.92 Å². The van der Waals surface area contributed by atoms with Crippen LogP contribution in [-0.4, -0.2) is 33.5 Å². The van der Waals surface area contributed by atoms with Crippen molar-refractivity contribution in [2.24, 2.45) is 5.92 Å². The van der Waals surface area contributed by atoms with E-state index in [1.165, 1.54) is 29.1 Å². The molecule has 0 aromatic heterocycles. The first-order valence-electron chi connectivity index (χ1n) is 10.4. The van der Waals surface area contributed by atoms with Gasteiger partial charge in [0.05, 0.1) is 13.2 Å². The number of carboxylic acids is 1. The summed E-state index contributed by atoms with van der Waals surface area (Å²) >= 11 is 0. The number of rotatable bonds is 8. The lowest BCUT2D eigenvalue weighted by molar-refractivity contribution is -0.131. The van der Waals surface area contributed by atoms with E-state index < -0.39 is 12.1 Å². The van der Waals surface area contributed by atoms with Gasteiger partial charge in [-0.25, -0.2) is 4.79 Å². The summed E-state index contributed by atoms with van der Waals surface area (Å²) in [6, 6.07) is 16.6. The quantitative estimate of drug-likeness (QED) is 0.360. The van der Waals surface area contributed by atoms with E-state index in [9.17, 15) is 20.1 Å². The van der Waals surface area contributed by atoms with Crippen LogP contribution in [0.5, 0.6) is 17.2 Å². The Kier molecular flexibility index (Phi) is 9.10. The predicted molar refractivity (Wildman–Crippen MR) is 125 cm³/mol. The maximum Gasteiger partial charge on any atom is 0.327 e. The summed E-state index contributed by atoms with van der Waals surface area (Å²) in [4.78, 5) is 9.25. The number of aliphatic hydroxyl groups excluding tert-OH is 1. The van der Waals surface area contributed by atoms with Crippen LogP contribution in [0.25, 0.3) is 10.8 Å². The standard InChI is InChI=1S/C23H26O4.C3H4O2/c1-15(7-9-22(26)17-12-18(24)14-19(25)13-17)11-16-8-10-23(27-2)21-6-4-3-5-20(16)21;1-2-3(4)5/h3-6,8,10,12-15,22,24-26H,7,9,11H2,1-2H3;2H,1H2,(H,4,5)/t15-,22-;/m0./s1. The number of carbonyl (C=O) groups is 1. The lowest BCUT2D eigenvalue weighted by Gasteiger charge is -2.17. The molecule has 3 aromatic rings. The van der Waals surface area contributed by atoms with Crippen LogP contribution in [0.15, 0.2) is 67.3 Å². The van der Waals surface area contributed by atoms with E-state index in [1.807, 2.05) is 18.2 Å². The minimum Gasteiger partial charge on any atom is -0.508 e. The van der Waals surface area contributed by atoms with Crippen LogP contribution < -0.4 is 4.74 Å². The molecule has 3 rings (SSSR count). The van der Waals surface area contributed by atoms with Gasteiger partial charge in [0.15, 0.2) is 0 Å². The maximum absolute atomic E-state index is 10.4. The molecule has 0 saturated heterocycles. The minimum absolute atomic E-state index is 0.0400. The number of carboxylic acid groups (broad SMARTS) is 1. The predicted octanol–water partition coefficient (Wildman–Crippen LogP) is 5.21. The molecule has 0 aliphatic heterocycles. The summed E-state index contributed by atoms with van der Waals surface area (Å²) in [6.45, 7) is 5.13.